The van der Waals surface area contributed by atoms with E-state index in [-0.39, 0.29) is 5.91 Å². The van der Waals surface area contributed by atoms with Crippen LogP contribution in [0, 0.1) is 11.8 Å². The van der Waals surface area contributed by atoms with E-state index in [1.165, 1.54) is 25.7 Å². The van der Waals surface area contributed by atoms with Gasteiger partial charge in [0, 0.05) is 13.6 Å². The van der Waals surface area contributed by atoms with Gasteiger partial charge in [0.05, 0.1) is 6.54 Å². The van der Waals surface area contributed by atoms with Crippen molar-refractivity contribution in [2.45, 2.75) is 39.5 Å². The maximum Gasteiger partial charge on any atom is 0.236 e. The topological polar surface area (TPSA) is 32.3 Å². The summed E-state index contributed by atoms with van der Waals surface area (Å²) in [6, 6.07) is 0. The minimum absolute atomic E-state index is 0.200. The summed E-state index contributed by atoms with van der Waals surface area (Å²) in [5.74, 6) is 1.85. The number of hydrogen-bond acceptors (Lipinski definition) is 2. The maximum atomic E-state index is 11.5. The van der Waals surface area contributed by atoms with Gasteiger partial charge in [-0.25, -0.2) is 0 Å². The Morgan fingerprint density at radius 1 is 1.44 bits per heavy atom. The van der Waals surface area contributed by atoms with Crippen LogP contribution >= 0.6 is 0 Å². The first-order chi connectivity index (χ1) is 7.63. The zero-order valence-corrected chi connectivity index (χ0v) is 11.0. The van der Waals surface area contributed by atoms with E-state index in [2.05, 4.69) is 12.2 Å². The number of rotatable bonds is 5. The van der Waals surface area contributed by atoms with Crippen LogP contribution in [0.25, 0.3) is 0 Å². The highest BCUT2D eigenvalue weighted by Crippen LogP contribution is 2.27. The number of amides is 1. The van der Waals surface area contributed by atoms with Crippen molar-refractivity contribution in [1.82, 2.24) is 10.2 Å². The lowest BCUT2D eigenvalue weighted by Crippen LogP contribution is -2.37. The van der Waals surface area contributed by atoms with Gasteiger partial charge in [0.2, 0.25) is 5.91 Å². The van der Waals surface area contributed by atoms with Gasteiger partial charge in [0.15, 0.2) is 0 Å². The molecule has 0 aromatic heterocycles. The summed E-state index contributed by atoms with van der Waals surface area (Å²) in [4.78, 5) is 13.3. The number of hydrogen-bond donors (Lipinski definition) is 1. The Balaban J connectivity index is 2.12. The zero-order valence-electron chi connectivity index (χ0n) is 11.0. The van der Waals surface area contributed by atoms with Crippen LogP contribution in [0.4, 0.5) is 0 Å². The lowest BCUT2D eigenvalue weighted by atomic mass is 9.82. The fourth-order valence-corrected chi connectivity index (χ4v) is 2.44. The molecule has 1 N–H and O–H groups in total. The molecule has 2 unspecified atom stereocenters. The van der Waals surface area contributed by atoms with Gasteiger partial charge in [-0.05, 0) is 38.1 Å². The van der Waals surface area contributed by atoms with E-state index >= 15 is 0 Å². The molecule has 2 atom stereocenters. The molecule has 0 bridgehead atoms. The standard InChI is InChI=1S/C13H26N2O/c1-4-15(3)13(16)10-14-9-12-7-5-6-11(2)8-12/h11-12,14H,4-10H2,1-3H3. The third-order valence-corrected chi connectivity index (χ3v) is 3.65. The van der Waals surface area contributed by atoms with E-state index < -0.39 is 0 Å². The molecule has 3 nitrogen and oxygen atoms in total. The average molecular weight is 226 g/mol. The molecule has 0 heterocycles. The second kappa shape index (κ2) is 6.89. The van der Waals surface area contributed by atoms with Gasteiger partial charge < -0.3 is 10.2 Å². The highest BCUT2D eigenvalue weighted by Gasteiger charge is 2.18. The average Bonchev–Trinajstić information content (AvgIpc) is 2.28. The smallest absolute Gasteiger partial charge is 0.236 e. The van der Waals surface area contributed by atoms with Crippen LogP contribution in [0.2, 0.25) is 0 Å². The lowest BCUT2D eigenvalue weighted by molar-refractivity contribution is -0.128. The summed E-state index contributed by atoms with van der Waals surface area (Å²) in [5.41, 5.74) is 0. The summed E-state index contributed by atoms with van der Waals surface area (Å²) in [7, 11) is 1.85. The van der Waals surface area contributed by atoms with E-state index in [9.17, 15) is 4.79 Å². The predicted octanol–water partition coefficient (Wildman–Crippen LogP) is 1.88. The number of carbonyl (C=O) groups is 1. The molecule has 1 fully saturated rings. The summed E-state index contributed by atoms with van der Waals surface area (Å²) in [6.07, 6.45) is 5.39. The van der Waals surface area contributed by atoms with Crippen LogP contribution in [0.15, 0.2) is 0 Å². The van der Waals surface area contributed by atoms with Crippen LogP contribution in [0.3, 0.4) is 0 Å². The Kier molecular flexibility index (Phi) is 5.81. The number of nitrogens with zero attached hydrogens (tertiary/aromatic N) is 1. The highest BCUT2D eigenvalue weighted by atomic mass is 16.2. The Bertz CT molecular complexity index is 218. The van der Waals surface area contributed by atoms with Crippen LogP contribution in [0.1, 0.15) is 39.5 Å². The Labute approximate surface area is 99.6 Å². The molecular formula is C13H26N2O. The summed E-state index contributed by atoms with van der Waals surface area (Å²) in [6.45, 7) is 6.63. The molecule has 16 heavy (non-hydrogen) atoms. The Morgan fingerprint density at radius 2 is 2.19 bits per heavy atom. The third kappa shape index (κ3) is 4.52. The highest BCUT2D eigenvalue weighted by molar-refractivity contribution is 5.77. The number of nitrogens with one attached hydrogen (secondary N) is 1. The molecule has 0 aromatic carbocycles. The number of likely N-dealkylation sites (N-methyl/N-ethyl adjacent to an activating group) is 1. The van der Waals surface area contributed by atoms with Crippen molar-refractivity contribution >= 4 is 5.91 Å². The van der Waals surface area contributed by atoms with E-state index in [0.29, 0.717) is 6.54 Å². The van der Waals surface area contributed by atoms with E-state index in [4.69, 9.17) is 0 Å². The normalized spacial score (nSPS) is 25.4. The molecule has 0 spiro atoms. The summed E-state index contributed by atoms with van der Waals surface area (Å²) in [5, 5.41) is 3.30. The lowest BCUT2D eigenvalue weighted by Gasteiger charge is -2.27. The van der Waals surface area contributed by atoms with Crippen molar-refractivity contribution in [3.63, 3.8) is 0 Å². The summed E-state index contributed by atoms with van der Waals surface area (Å²) >= 11 is 0. The first-order valence-electron chi connectivity index (χ1n) is 6.58. The SMILES string of the molecule is CCN(C)C(=O)CNCC1CCCC(C)C1. The molecule has 0 saturated heterocycles. The van der Waals surface area contributed by atoms with Gasteiger partial charge in [0.1, 0.15) is 0 Å². The minimum atomic E-state index is 0.200. The fourth-order valence-electron chi connectivity index (χ4n) is 2.44. The van der Waals surface area contributed by atoms with Gasteiger partial charge in [-0.2, -0.15) is 0 Å². The zero-order chi connectivity index (χ0) is 12.0. The van der Waals surface area contributed by atoms with Crippen molar-refractivity contribution in [3.05, 3.63) is 0 Å². The molecular weight excluding hydrogens is 200 g/mol. The molecule has 1 rings (SSSR count). The molecule has 0 radical (unpaired) electrons. The van der Waals surface area contributed by atoms with Gasteiger partial charge >= 0.3 is 0 Å². The van der Waals surface area contributed by atoms with E-state index in [1.54, 1.807) is 4.90 Å². The van der Waals surface area contributed by atoms with Gasteiger partial charge in [0.25, 0.3) is 0 Å². The van der Waals surface area contributed by atoms with Crippen molar-refractivity contribution < 1.29 is 4.79 Å². The molecule has 3 heteroatoms. The Morgan fingerprint density at radius 3 is 2.81 bits per heavy atom. The Hall–Kier alpha value is -0.570. The largest absolute Gasteiger partial charge is 0.345 e. The minimum Gasteiger partial charge on any atom is -0.345 e. The molecule has 0 aliphatic heterocycles. The quantitative estimate of drug-likeness (QED) is 0.776. The van der Waals surface area contributed by atoms with Crippen LogP contribution < -0.4 is 5.32 Å². The van der Waals surface area contributed by atoms with Crippen molar-refractivity contribution in [1.29, 1.82) is 0 Å². The summed E-state index contributed by atoms with van der Waals surface area (Å²) < 4.78 is 0. The molecule has 1 aliphatic carbocycles. The van der Waals surface area contributed by atoms with Crippen molar-refractivity contribution in [2.24, 2.45) is 11.8 Å². The first kappa shape index (κ1) is 13.5. The predicted molar refractivity (Wildman–Crippen MR) is 67.3 cm³/mol. The fraction of sp³-hybridized carbons (Fsp3) is 0.923. The first-order valence-corrected chi connectivity index (χ1v) is 6.58. The second-order valence-electron chi connectivity index (χ2n) is 5.18. The molecule has 1 aliphatic rings. The number of carbonyl (C=O) groups excluding carboxylic acids is 1. The van der Waals surface area contributed by atoms with Gasteiger partial charge in [-0.1, -0.05) is 19.8 Å². The third-order valence-electron chi connectivity index (χ3n) is 3.65. The van der Waals surface area contributed by atoms with Crippen LogP contribution in [0.5, 0.6) is 0 Å². The second-order valence-corrected chi connectivity index (χ2v) is 5.18. The van der Waals surface area contributed by atoms with E-state index in [1.807, 2.05) is 14.0 Å². The molecule has 0 aromatic rings. The van der Waals surface area contributed by atoms with Gasteiger partial charge in [-0.3, -0.25) is 4.79 Å². The van der Waals surface area contributed by atoms with E-state index in [0.717, 1.165) is 24.9 Å². The molecule has 1 amide bonds. The van der Waals surface area contributed by atoms with Crippen molar-refractivity contribution in [3.8, 4) is 0 Å². The van der Waals surface area contributed by atoms with Gasteiger partial charge in [-0.15, -0.1) is 0 Å². The molecule has 1 saturated carbocycles. The van der Waals surface area contributed by atoms with Crippen LogP contribution in [-0.2, 0) is 4.79 Å². The maximum absolute atomic E-state index is 11.5. The van der Waals surface area contributed by atoms with Crippen LogP contribution in [-0.4, -0.2) is 37.5 Å². The van der Waals surface area contributed by atoms with Crippen molar-refractivity contribution in [2.75, 3.05) is 26.7 Å². The molecule has 94 valence electrons. The monoisotopic (exact) mass is 226 g/mol.